The summed E-state index contributed by atoms with van der Waals surface area (Å²) in [5.74, 6) is -0.646. The summed E-state index contributed by atoms with van der Waals surface area (Å²) in [7, 11) is 0. The van der Waals surface area contributed by atoms with Gasteiger partial charge < -0.3 is 5.11 Å². The van der Waals surface area contributed by atoms with Crippen LogP contribution in [0.1, 0.15) is 46.0 Å². The molecule has 0 radical (unpaired) electrons. The number of rotatable bonds is 7. The molecule has 3 nitrogen and oxygen atoms in total. The largest absolute Gasteiger partial charge is 0.480 e. The van der Waals surface area contributed by atoms with Crippen LogP contribution in [0.15, 0.2) is 0 Å². The highest BCUT2D eigenvalue weighted by Gasteiger charge is 2.35. The first kappa shape index (κ1) is 11.5. The normalized spacial score (nSPS) is 18.5. The molecule has 1 aliphatic carbocycles. The summed E-state index contributed by atoms with van der Waals surface area (Å²) in [4.78, 5) is 13.3. The Hall–Kier alpha value is -0.570. The van der Waals surface area contributed by atoms with Gasteiger partial charge in [0.05, 0.1) is 0 Å². The molecule has 0 saturated heterocycles. The molecule has 1 fully saturated rings. The van der Waals surface area contributed by atoms with E-state index in [1.807, 2.05) is 6.92 Å². The highest BCUT2D eigenvalue weighted by atomic mass is 16.4. The van der Waals surface area contributed by atoms with Crippen molar-refractivity contribution < 1.29 is 9.90 Å². The van der Waals surface area contributed by atoms with E-state index >= 15 is 0 Å². The number of carboxylic acids is 1. The van der Waals surface area contributed by atoms with Crippen LogP contribution in [0.4, 0.5) is 0 Å². The van der Waals surface area contributed by atoms with Gasteiger partial charge in [0.2, 0.25) is 0 Å². The van der Waals surface area contributed by atoms with Crippen molar-refractivity contribution in [2.24, 2.45) is 0 Å². The minimum Gasteiger partial charge on any atom is -0.480 e. The molecule has 0 heterocycles. The lowest BCUT2D eigenvalue weighted by atomic mass is 10.1. The Labute approximate surface area is 86.1 Å². The first-order valence-corrected chi connectivity index (χ1v) is 5.69. The van der Waals surface area contributed by atoms with Gasteiger partial charge in [0.15, 0.2) is 0 Å². The molecule has 0 aromatic carbocycles. The van der Waals surface area contributed by atoms with Gasteiger partial charge in [0.25, 0.3) is 0 Å². The second-order valence-corrected chi connectivity index (χ2v) is 4.11. The summed E-state index contributed by atoms with van der Waals surface area (Å²) in [6, 6.07) is 0.315. The van der Waals surface area contributed by atoms with Crippen LogP contribution in [0, 0.1) is 0 Å². The Bertz CT molecular complexity index is 190. The molecule has 1 saturated carbocycles. The molecule has 82 valence electrons. The highest BCUT2D eigenvalue weighted by Crippen LogP contribution is 2.30. The molecule has 0 spiro atoms. The van der Waals surface area contributed by atoms with Crippen LogP contribution < -0.4 is 0 Å². The number of hydrogen-bond acceptors (Lipinski definition) is 2. The van der Waals surface area contributed by atoms with E-state index in [4.69, 9.17) is 5.11 Å². The number of hydrogen-bond donors (Lipinski definition) is 1. The van der Waals surface area contributed by atoms with Crippen LogP contribution in [0.5, 0.6) is 0 Å². The third kappa shape index (κ3) is 2.98. The minimum atomic E-state index is -0.646. The van der Waals surface area contributed by atoms with E-state index in [9.17, 15) is 4.79 Å². The third-order valence-electron chi connectivity index (χ3n) is 2.75. The summed E-state index contributed by atoms with van der Waals surface area (Å²) in [5.41, 5.74) is 0. The lowest BCUT2D eigenvalue weighted by Crippen LogP contribution is -2.43. The van der Waals surface area contributed by atoms with E-state index in [0.717, 1.165) is 25.8 Å². The Morgan fingerprint density at radius 3 is 2.43 bits per heavy atom. The standard InChI is InChI=1S/C11H21NO2/c1-3-5-10(11(13)14)12(8-4-2)9-6-7-9/h9-10H,3-8H2,1-2H3,(H,13,14). The van der Waals surface area contributed by atoms with E-state index in [1.165, 1.54) is 12.8 Å². The maximum absolute atomic E-state index is 11.1. The van der Waals surface area contributed by atoms with Crippen LogP contribution in [0.25, 0.3) is 0 Å². The number of carbonyl (C=O) groups is 1. The zero-order chi connectivity index (χ0) is 10.6. The van der Waals surface area contributed by atoms with Crippen molar-refractivity contribution in [3.05, 3.63) is 0 Å². The summed E-state index contributed by atoms with van der Waals surface area (Å²) in [5, 5.41) is 9.14. The second-order valence-electron chi connectivity index (χ2n) is 4.11. The van der Waals surface area contributed by atoms with Crippen LogP contribution >= 0.6 is 0 Å². The Kier molecular flexibility index (Phi) is 4.39. The molecule has 3 heteroatoms. The first-order chi connectivity index (χ1) is 6.70. The summed E-state index contributed by atoms with van der Waals surface area (Å²) >= 11 is 0. The van der Waals surface area contributed by atoms with Crippen molar-refractivity contribution in [2.45, 2.75) is 58.0 Å². The topological polar surface area (TPSA) is 40.5 Å². The molecule has 14 heavy (non-hydrogen) atoms. The zero-order valence-electron chi connectivity index (χ0n) is 9.20. The van der Waals surface area contributed by atoms with Crippen LogP contribution in [-0.4, -0.2) is 34.6 Å². The van der Waals surface area contributed by atoms with Gasteiger partial charge >= 0.3 is 5.97 Å². The molecule has 0 amide bonds. The summed E-state index contributed by atoms with van der Waals surface area (Å²) in [6.07, 6.45) is 5.15. The average molecular weight is 199 g/mol. The lowest BCUT2D eigenvalue weighted by molar-refractivity contribution is -0.143. The molecule has 1 rings (SSSR count). The van der Waals surface area contributed by atoms with E-state index in [1.54, 1.807) is 0 Å². The van der Waals surface area contributed by atoms with Crippen molar-refractivity contribution in [2.75, 3.05) is 6.54 Å². The number of nitrogens with zero attached hydrogens (tertiary/aromatic N) is 1. The van der Waals surface area contributed by atoms with E-state index in [0.29, 0.717) is 6.04 Å². The highest BCUT2D eigenvalue weighted by molar-refractivity contribution is 5.73. The van der Waals surface area contributed by atoms with Crippen LogP contribution in [0.3, 0.4) is 0 Å². The van der Waals surface area contributed by atoms with Crippen molar-refractivity contribution in [3.8, 4) is 0 Å². The lowest BCUT2D eigenvalue weighted by Gasteiger charge is -2.28. The van der Waals surface area contributed by atoms with Gasteiger partial charge in [0, 0.05) is 6.04 Å². The Morgan fingerprint density at radius 1 is 1.43 bits per heavy atom. The molecule has 0 aromatic heterocycles. The molecule has 0 aliphatic heterocycles. The van der Waals surface area contributed by atoms with Crippen LogP contribution in [-0.2, 0) is 4.79 Å². The van der Waals surface area contributed by atoms with E-state index in [2.05, 4.69) is 11.8 Å². The molecule has 1 unspecified atom stereocenters. The van der Waals surface area contributed by atoms with Gasteiger partial charge in [-0.15, -0.1) is 0 Å². The van der Waals surface area contributed by atoms with Gasteiger partial charge in [-0.05, 0) is 32.2 Å². The van der Waals surface area contributed by atoms with Crippen molar-refractivity contribution in [1.82, 2.24) is 4.90 Å². The number of carboxylic acid groups (broad SMARTS) is 1. The van der Waals surface area contributed by atoms with Gasteiger partial charge in [-0.3, -0.25) is 9.69 Å². The Balaban J connectivity index is 2.55. The second kappa shape index (κ2) is 5.35. The van der Waals surface area contributed by atoms with Gasteiger partial charge in [-0.2, -0.15) is 0 Å². The summed E-state index contributed by atoms with van der Waals surface area (Å²) < 4.78 is 0. The predicted molar refractivity (Wildman–Crippen MR) is 56.4 cm³/mol. The third-order valence-corrected chi connectivity index (χ3v) is 2.75. The average Bonchev–Trinajstić information content (AvgIpc) is 2.94. The fourth-order valence-electron chi connectivity index (χ4n) is 1.96. The molecular weight excluding hydrogens is 178 g/mol. The van der Waals surface area contributed by atoms with E-state index in [-0.39, 0.29) is 6.04 Å². The molecule has 1 N–H and O–H groups in total. The molecule has 0 aromatic rings. The minimum absolute atomic E-state index is 0.243. The fraction of sp³-hybridized carbons (Fsp3) is 0.909. The van der Waals surface area contributed by atoms with Gasteiger partial charge in [-0.1, -0.05) is 20.3 Å². The van der Waals surface area contributed by atoms with Crippen molar-refractivity contribution in [3.63, 3.8) is 0 Å². The fourth-order valence-corrected chi connectivity index (χ4v) is 1.96. The molecule has 0 bridgehead atoms. The quantitative estimate of drug-likeness (QED) is 0.682. The molecule has 1 aliphatic rings. The van der Waals surface area contributed by atoms with Crippen LogP contribution in [0.2, 0.25) is 0 Å². The van der Waals surface area contributed by atoms with Gasteiger partial charge in [-0.25, -0.2) is 0 Å². The first-order valence-electron chi connectivity index (χ1n) is 5.69. The smallest absolute Gasteiger partial charge is 0.320 e. The van der Waals surface area contributed by atoms with E-state index < -0.39 is 5.97 Å². The molecule has 1 atom stereocenters. The monoisotopic (exact) mass is 199 g/mol. The zero-order valence-corrected chi connectivity index (χ0v) is 9.20. The predicted octanol–water partition coefficient (Wildman–Crippen LogP) is 2.11. The maximum atomic E-state index is 11.1. The van der Waals surface area contributed by atoms with Crippen molar-refractivity contribution >= 4 is 5.97 Å². The maximum Gasteiger partial charge on any atom is 0.320 e. The van der Waals surface area contributed by atoms with Crippen molar-refractivity contribution in [1.29, 1.82) is 0 Å². The summed E-state index contributed by atoms with van der Waals surface area (Å²) in [6.45, 7) is 5.09. The number of aliphatic carboxylic acids is 1. The SMILES string of the molecule is CCCC(C(=O)O)N(CCC)C1CC1. The van der Waals surface area contributed by atoms with Gasteiger partial charge in [0.1, 0.15) is 6.04 Å². The molecular formula is C11H21NO2. The Morgan fingerprint density at radius 2 is 2.07 bits per heavy atom.